The van der Waals surface area contributed by atoms with E-state index in [1.165, 1.54) is 16.8 Å². The molecular formula is C24H34N4O. The van der Waals surface area contributed by atoms with E-state index in [0.717, 1.165) is 76.3 Å². The molecule has 1 aliphatic heterocycles. The molecule has 3 rings (SSSR count). The van der Waals surface area contributed by atoms with Gasteiger partial charge in [0.05, 0.1) is 0 Å². The van der Waals surface area contributed by atoms with Gasteiger partial charge in [-0.05, 0) is 50.1 Å². The van der Waals surface area contributed by atoms with Crippen LogP contribution in [0.4, 0.5) is 11.4 Å². The van der Waals surface area contributed by atoms with E-state index >= 15 is 0 Å². The standard InChI is InChI=1S/C24H34N4O/c1-20-6-3-4-7-23(20)28(24-18-22(19-29)9-8-21(24)2)12-5-11-26-14-16-27(13-10-25)17-15-26/h3-4,6-9,18-19H,5,10-17,25H2,1-2H3. The predicted octanol–water partition coefficient (Wildman–Crippen LogP) is 3.22. The first-order valence-electron chi connectivity index (χ1n) is 10.7. The molecule has 156 valence electrons. The first-order chi connectivity index (χ1) is 14.1. The second-order valence-electron chi connectivity index (χ2n) is 7.93. The number of hydrogen-bond acceptors (Lipinski definition) is 5. The molecule has 1 heterocycles. The molecule has 5 heteroatoms. The molecule has 5 nitrogen and oxygen atoms in total. The van der Waals surface area contributed by atoms with Crippen LogP contribution in [-0.2, 0) is 0 Å². The summed E-state index contributed by atoms with van der Waals surface area (Å²) in [6, 6.07) is 14.4. The molecular weight excluding hydrogens is 360 g/mol. The molecule has 0 atom stereocenters. The Bertz CT molecular complexity index is 799. The normalized spacial score (nSPS) is 15.4. The van der Waals surface area contributed by atoms with Crippen LogP contribution in [0.1, 0.15) is 27.9 Å². The van der Waals surface area contributed by atoms with Crippen molar-refractivity contribution in [1.29, 1.82) is 0 Å². The Morgan fingerprint density at radius 1 is 0.931 bits per heavy atom. The van der Waals surface area contributed by atoms with Crippen LogP contribution in [0.25, 0.3) is 0 Å². The molecule has 0 spiro atoms. The number of hydrogen-bond donors (Lipinski definition) is 1. The van der Waals surface area contributed by atoms with Crippen molar-refractivity contribution in [3.05, 3.63) is 59.2 Å². The number of carbonyl (C=O) groups excluding carboxylic acids is 1. The summed E-state index contributed by atoms with van der Waals surface area (Å²) in [6.45, 7) is 12.5. The van der Waals surface area contributed by atoms with Gasteiger partial charge in [0.25, 0.3) is 0 Å². The first-order valence-corrected chi connectivity index (χ1v) is 10.7. The Labute approximate surface area is 175 Å². The molecule has 1 saturated heterocycles. The van der Waals surface area contributed by atoms with Crippen molar-refractivity contribution in [2.45, 2.75) is 20.3 Å². The van der Waals surface area contributed by atoms with Gasteiger partial charge < -0.3 is 15.5 Å². The fourth-order valence-electron chi connectivity index (χ4n) is 4.10. The lowest BCUT2D eigenvalue weighted by Gasteiger charge is -2.35. The summed E-state index contributed by atoms with van der Waals surface area (Å²) >= 11 is 0. The number of aldehydes is 1. The minimum absolute atomic E-state index is 0.722. The Morgan fingerprint density at radius 3 is 2.24 bits per heavy atom. The number of aryl methyl sites for hydroxylation is 2. The topological polar surface area (TPSA) is 52.8 Å². The summed E-state index contributed by atoms with van der Waals surface area (Å²) in [5, 5.41) is 0. The summed E-state index contributed by atoms with van der Waals surface area (Å²) in [5.74, 6) is 0. The molecule has 2 N–H and O–H groups in total. The van der Waals surface area contributed by atoms with Crippen LogP contribution in [0.2, 0.25) is 0 Å². The van der Waals surface area contributed by atoms with E-state index in [1.54, 1.807) is 0 Å². The lowest BCUT2D eigenvalue weighted by atomic mass is 10.1. The van der Waals surface area contributed by atoms with Gasteiger partial charge in [-0.3, -0.25) is 9.69 Å². The van der Waals surface area contributed by atoms with Gasteiger partial charge in [-0.15, -0.1) is 0 Å². The van der Waals surface area contributed by atoms with E-state index in [-0.39, 0.29) is 0 Å². The molecule has 0 amide bonds. The minimum atomic E-state index is 0.722. The van der Waals surface area contributed by atoms with Crippen molar-refractivity contribution < 1.29 is 4.79 Å². The molecule has 1 aliphatic rings. The third-order valence-corrected chi connectivity index (χ3v) is 5.83. The van der Waals surface area contributed by atoms with E-state index in [1.807, 2.05) is 18.2 Å². The third-order valence-electron chi connectivity index (χ3n) is 5.83. The van der Waals surface area contributed by atoms with Crippen molar-refractivity contribution in [1.82, 2.24) is 9.80 Å². The molecule has 0 saturated carbocycles. The van der Waals surface area contributed by atoms with Gasteiger partial charge in [-0.1, -0.05) is 30.3 Å². The molecule has 29 heavy (non-hydrogen) atoms. The van der Waals surface area contributed by atoms with E-state index in [4.69, 9.17) is 5.73 Å². The van der Waals surface area contributed by atoms with Crippen LogP contribution < -0.4 is 10.6 Å². The van der Waals surface area contributed by atoms with Gasteiger partial charge in [0, 0.05) is 62.8 Å². The second kappa shape index (κ2) is 10.5. The molecule has 0 unspecified atom stereocenters. The van der Waals surface area contributed by atoms with E-state index in [2.05, 4.69) is 52.8 Å². The van der Waals surface area contributed by atoms with Gasteiger partial charge in [0.15, 0.2) is 0 Å². The minimum Gasteiger partial charge on any atom is -0.341 e. The highest BCUT2D eigenvalue weighted by Crippen LogP contribution is 2.31. The number of nitrogens with zero attached hydrogens (tertiary/aromatic N) is 3. The maximum atomic E-state index is 11.4. The summed E-state index contributed by atoms with van der Waals surface area (Å²) in [7, 11) is 0. The van der Waals surface area contributed by atoms with Crippen molar-refractivity contribution in [3.8, 4) is 0 Å². The zero-order valence-electron chi connectivity index (χ0n) is 17.8. The van der Waals surface area contributed by atoms with Crippen LogP contribution in [0.15, 0.2) is 42.5 Å². The molecule has 0 bridgehead atoms. The quantitative estimate of drug-likeness (QED) is 0.662. The lowest BCUT2D eigenvalue weighted by molar-refractivity contribution is 0.112. The number of benzene rings is 2. The zero-order valence-corrected chi connectivity index (χ0v) is 17.8. The first kappa shape index (κ1) is 21.5. The van der Waals surface area contributed by atoms with Gasteiger partial charge in [-0.25, -0.2) is 0 Å². The van der Waals surface area contributed by atoms with Gasteiger partial charge in [-0.2, -0.15) is 0 Å². The van der Waals surface area contributed by atoms with Crippen LogP contribution >= 0.6 is 0 Å². The number of nitrogens with two attached hydrogens (primary N) is 1. The number of anilines is 2. The molecule has 1 fully saturated rings. The van der Waals surface area contributed by atoms with Crippen molar-refractivity contribution in [2.75, 3.05) is 57.3 Å². The van der Waals surface area contributed by atoms with E-state index in [0.29, 0.717) is 0 Å². The Hall–Kier alpha value is -2.21. The Morgan fingerprint density at radius 2 is 1.59 bits per heavy atom. The summed E-state index contributed by atoms with van der Waals surface area (Å²) in [6.07, 6.45) is 2.01. The monoisotopic (exact) mass is 394 g/mol. The summed E-state index contributed by atoms with van der Waals surface area (Å²) in [5.41, 5.74) is 11.2. The largest absolute Gasteiger partial charge is 0.341 e. The van der Waals surface area contributed by atoms with Gasteiger partial charge >= 0.3 is 0 Å². The molecule has 0 aromatic heterocycles. The number of piperazine rings is 1. The molecule has 0 radical (unpaired) electrons. The SMILES string of the molecule is Cc1ccccc1N(CCCN1CCN(CCN)CC1)c1cc(C=O)ccc1C. The fraction of sp³-hybridized carbons (Fsp3) is 0.458. The van der Waals surface area contributed by atoms with E-state index in [9.17, 15) is 4.79 Å². The fourth-order valence-corrected chi connectivity index (χ4v) is 4.10. The molecule has 0 aliphatic carbocycles. The zero-order chi connectivity index (χ0) is 20.6. The number of rotatable bonds is 9. The average molecular weight is 395 g/mol. The van der Waals surface area contributed by atoms with Crippen LogP contribution in [0, 0.1) is 13.8 Å². The van der Waals surface area contributed by atoms with Crippen LogP contribution in [0.5, 0.6) is 0 Å². The lowest BCUT2D eigenvalue weighted by Crippen LogP contribution is -2.48. The van der Waals surface area contributed by atoms with Crippen molar-refractivity contribution in [2.24, 2.45) is 5.73 Å². The average Bonchev–Trinajstić information content (AvgIpc) is 2.74. The Balaban J connectivity index is 1.70. The Kier molecular flexibility index (Phi) is 7.81. The van der Waals surface area contributed by atoms with Gasteiger partial charge in [0.2, 0.25) is 0 Å². The smallest absolute Gasteiger partial charge is 0.150 e. The predicted molar refractivity (Wildman–Crippen MR) is 121 cm³/mol. The molecule has 2 aromatic rings. The van der Waals surface area contributed by atoms with Crippen molar-refractivity contribution in [3.63, 3.8) is 0 Å². The molecule has 2 aromatic carbocycles. The second-order valence-corrected chi connectivity index (χ2v) is 7.93. The third kappa shape index (κ3) is 5.66. The van der Waals surface area contributed by atoms with Gasteiger partial charge in [0.1, 0.15) is 6.29 Å². The van der Waals surface area contributed by atoms with Crippen LogP contribution in [-0.4, -0.2) is 68.4 Å². The highest BCUT2D eigenvalue weighted by Gasteiger charge is 2.18. The maximum Gasteiger partial charge on any atom is 0.150 e. The van der Waals surface area contributed by atoms with E-state index < -0.39 is 0 Å². The van der Waals surface area contributed by atoms with Crippen molar-refractivity contribution >= 4 is 17.7 Å². The number of carbonyl (C=O) groups is 1. The highest BCUT2D eigenvalue weighted by atomic mass is 16.1. The maximum absolute atomic E-state index is 11.4. The van der Waals surface area contributed by atoms with Crippen LogP contribution in [0.3, 0.4) is 0 Å². The summed E-state index contributed by atoms with van der Waals surface area (Å²) in [4.78, 5) is 18.7. The number of para-hydroxylation sites is 1. The highest BCUT2D eigenvalue weighted by molar-refractivity contribution is 5.80. The summed E-state index contributed by atoms with van der Waals surface area (Å²) < 4.78 is 0.